The number of pyridine rings is 1. The molecule has 0 spiro atoms. The van der Waals surface area contributed by atoms with Crippen LogP contribution in [0.4, 0.5) is 31.1 Å². The lowest BCUT2D eigenvalue weighted by atomic mass is 9.78. The molecule has 0 aromatic carbocycles. The monoisotopic (exact) mass is 511 g/mol. The van der Waals surface area contributed by atoms with Crippen LogP contribution in [-0.4, -0.2) is 69.7 Å². The van der Waals surface area contributed by atoms with Crippen LogP contribution in [0.5, 0.6) is 0 Å². The third-order valence-corrected chi connectivity index (χ3v) is 6.54. The number of amides is 3. The fourth-order valence-electron chi connectivity index (χ4n) is 4.99. The van der Waals surface area contributed by atoms with Gasteiger partial charge < -0.3 is 26.4 Å². The Morgan fingerprint density at radius 3 is 2.31 bits per heavy atom. The number of aromatic nitrogens is 1. The molecular weight excluding hydrogens is 488 g/mol. The molecule has 1 saturated carbocycles. The molecule has 3 amide bonds. The Morgan fingerprint density at radius 2 is 1.77 bits per heavy atom. The third-order valence-electron chi connectivity index (χ3n) is 6.54. The number of alkyl halides is 6. The molecule has 4 rings (SSSR count). The van der Waals surface area contributed by atoms with Crippen molar-refractivity contribution in [3.63, 3.8) is 0 Å². The molecule has 0 radical (unpaired) electrons. The van der Waals surface area contributed by atoms with Crippen molar-refractivity contribution in [1.29, 1.82) is 0 Å². The second-order valence-corrected chi connectivity index (χ2v) is 8.88. The van der Waals surface area contributed by atoms with E-state index in [2.05, 4.69) is 4.98 Å². The van der Waals surface area contributed by atoms with Gasteiger partial charge in [0.25, 0.3) is 0 Å². The van der Waals surface area contributed by atoms with Gasteiger partial charge in [-0.1, -0.05) is 0 Å². The number of carbonyl (C=O) groups excluding carboxylic acids is 2. The van der Waals surface area contributed by atoms with Crippen LogP contribution in [0.15, 0.2) is 12.3 Å². The lowest BCUT2D eigenvalue weighted by molar-refractivity contribution is -0.192. The fraction of sp³-hybridized carbons (Fsp3) is 0.600. The average molecular weight is 511 g/mol. The molecule has 3 atom stereocenters. The number of halogens is 6. The van der Waals surface area contributed by atoms with Crippen LogP contribution in [0.25, 0.3) is 0 Å². The van der Waals surface area contributed by atoms with Crippen LogP contribution in [0.1, 0.15) is 29.7 Å². The van der Waals surface area contributed by atoms with Crippen LogP contribution in [0, 0.1) is 11.3 Å². The quantitative estimate of drug-likeness (QED) is 0.490. The normalized spacial score (nSPS) is 25.9. The van der Waals surface area contributed by atoms with Gasteiger partial charge in [0.1, 0.15) is 0 Å². The molecule has 1 aromatic heterocycles. The molecule has 3 heterocycles. The number of hydrogen-bond donors (Lipinski definition) is 3. The predicted octanol–water partition coefficient (Wildman–Crippen LogP) is 1.74. The van der Waals surface area contributed by atoms with E-state index in [1.165, 1.54) is 4.90 Å². The minimum Gasteiger partial charge on any atom is -0.475 e. The molecule has 0 bridgehead atoms. The fourth-order valence-corrected chi connectivity index (χ4v) is 4.99. The Labute approximate surface area is 195 Å². The number of carboxylic acids is 1. The Bertz CT molecular complexity index is 1020. The molecule has 2 fully saturated rings. The zero-order chi connectivity index (χ0) is 26.3. The maximum Gasteiger partial charge on any atom is 0.490 e. The van der Waals surface area contributed by atoms with E-state index in [9.17, 15) is 35.9 Å². The number of carboxylic acid groups (broad SMARTS) is 1. The Balaban J connectivity index is 0.000000429. The van der Waals surface area contributed by atoms with Gasteiger partial charge in [-0.3, -0.25) is 9.78 Å². The van der Waals surface area contributed by atoms with Crippen molar-refractivity contribution in [1.82, 2.24) is 14.8 Å². The van der Waals surface area contributed by atoms with Crippen molar-refractivity contribution in [2.24, 2.45) is 22.8 Å². The zero-order valence-electron chi connectivity index (χ0n) is 18.2. The number of likely N-dealkylation sites (tertiary alicyclic amines) is 1. The number of carbonyl (C=O) groups is 3. The topological polar surface area (TPSA) is 143 Å². The molecule has 1 saturated heterocycles. The van der Waals surface area contributed by atoms with Crippen molar-refractivity contribution in [2.75, 3.05) is 19.6 Å². The van der Waals surface area contributed by atoms with Crippen LogP contribution in [0.3, 0.4) is 0 Å². The Morgan fingerprint density at radius 1 is 1.14 bits per heavy atom. The highest BCUT2D eigenvalue weighted by Crippen LogP contribution is 2.49. The van der Waals surface area contributed by atoms with E-state index < -0.39 is 35.3 Å². The van der Waals surface area contributed by atoms with Gasteiger partial charge in [0, 0.05) is 50.5 Å². The molecule has 35 heavy (non-hydrogen) atoms. The van der Waals surface area contributed by atoms with E-state index in [4.69, 9.17) is 21.4 Å². The molecule has 2 aliphatic heterocycles. The first-order valence-electron chi connectivity index (χ1n) is 10.5. The summed E-state index contributed by atoms with van der Waals surface area (Å²) in [5.41, 5.74) is 10.9. The summed E-state index contributed by atoms with van der Waals surface area (Å²) >= 11 is 0. The summed E-state index contributed by atoms with van der Waals surface area (Å²) in [6, 6.07) is 0.361. The molecule has 3 aliphatic rings. The highest BCUT2D eigenvalue weighted by atomic mass is 19.4. The number of fused-ring (bicyclic) bond motifs is 2. The first-order valence-corrected chi connectivity index (χ1v) is 10.5. The van der Waals surface area contributed by atoms with E-state index in [0.717, 1.165) is 12.3 Å². The molecule has 194 valence electrons. The number of primary amides is 1. The highest BCUT2D eigenvalue weighted by Gasteiger charge is 2.58. The minimum atomic E-state index is -5.08. The summed E-state index contributed by atoms with van der Waals surface area (Å²) in [6.07, 6.45) is -7.26. The summed E-state index contributed by atoms with van der Waals surface area (Å²) in [7, 11) is 0. The predicted molar refractivity (Wildman–Crippen MR) is 106 cm³/mol. The molecular formula is C20H23F6N5O4. The van der Waals surface area contributed by atoms with Crippen LogP contribution < -0.4 is 11.5 Å². The lowest BCUT2D eigenvalue weighted by Gasteiger charge is -2.37. The van der Waals surface area contributed by atoms with E-state index in [1.54, 1.807) is 4.90 Å². The molecule has 15 heteroatoms. The van der Waals surface area contributed by atoms with Crippen LogP contribution in [0.2, 0.25) is 0 Å². The summed E-state index contributed by atoms with van der Waals surface area (Å²) in [5.74, 6) is -2.99. The van der Waals surface area contributed by atoms with Gasteiger partial charge in [-0.05, 0) is 30.4 Å². The number of nitrogens with zero attached hydrogens (tertiary/aromatic N) is 3. The van der Waals surface area contributed by atoms with Gasteiger partial charge in [-0.25, -0.2) is 9.59 Å². The van der Waals surface area contributed by atoms with Gasteiger partial charge in [-0.2, -0.15) is 26.3 Å². The van der Waals surface area contributed by atoms with E-state index >= 15 is 0 Å². The maximum atomic E-state index is 13.5. The molecule has 0 unspecified atom stereocenters. The molecule has 1 aromatic rings. The van der Waals surface area contributed by atoms with Crippen molar-refractivity contribution in [3.05, 3.63) is 29.1 Å². The molecule has 5 N–H and O–H groups in total. The van der Waals surface area contributed by atoms with E-state index in [-0.39, 0.29) is 31.0 Å². The Hall–Kier alpha value is -3.10. The van der Waals surface area contributed by atoms with Gasteiger partial charge >= 0.3 is 24.4 Å². The smallest absolute Gasteiger partial charge is 0.475 e. The first kappa shape index (κ1) is 26.5. The van der Waals surface area contributed by atoms with Gasteiger partial charge in [0.15, 0.2) is 0 Å². The highest BCUT2D eigenvalue weighted by molar-refractivity contribution is 5.86. The minimum absolute atomic E-state index is 0.0748. The maximum absolute atomic E-state index is 13.5. The van der Waals surface area contributed by atoms with Crippen molar-refractivity contribution in [2.45, 2.75) is 44.2 Å². The van der Waals surface area contributed by atoms with E-state index in [1.807, 2.05) is 0 Å². The standard InChI is InChI=1S/C18H22F3N5O2.C2HF3O2/c19-18(20,21)11-3-10-7-25(2-1-14(10)24-6-11)15(27)17-5-13(22)4-12(17)8-26(9-17)16(23)28;3-2(4,5)1(6)7/h3,6,12-13H,1-2,4-5,7-9,22H2,(H2,23,28);(H,6,7)/t12-,13+,17-;/m0./s1. The van der Waals surface area contributed by atoms with Crippen molar-refractivity contribution >= 4 is 17.9 Å². The molecule has 1 aliphatic carbocycles. The largest absolute Gasteiger partial charge is 0.490 e. The summed E-state index contributed by atoms with van der Waals surface area (Å²) < 4.78 is 70.8. The van der Waals surface area contributed by atoms with Gasteiger partial charge in [-0.15, -0.1) is 0 Å². The van der Waals surface area contributed by atoms with Crippen molar-refractivity contribution < 1.29 is 45.8 Å². The summed E-state index contributed by atoms with van der Waals surface area (Å²) in [5, 5.41) is 7.12. The number of nitrogens with two attached hydrogens (primary N) is 2. The first-order chi connectivity index (χ1) is 16.0. The third kappa shape index (κ3) is 5.44. The Kier molecular flexibility index (Phi) is 6.94. The summed E-state index contributed by atoms with van der Waals surface area (Å²) in [6.45, 7) is 1.05. The number of aliphatic carboxylic acids is 1. The second kappa shape index (κ2) is 9.17. The number of urea groups is 1. The molecule has 9 nitrogen and oxygen atoms in total. The SMILES string of the molecule is NC(=O)N1C[C@@H]2C[C@@H](N)C[C@]2(C(=O)N2CCc3ncc(C(F)(F)F)cc3C2)C1.O=C(O)C(F)(F)F. The van der Waals surface area contributed by atoms with Crippen molar-refractivity contribution in [3.8, 4) is 0 Å². The van der Waals surface area contributed by atoms with Gasteiger partial charge in [0.2, 0.25) is 5.91 Å². The summed E-state index contributed by atoms with van der Waals surface area (Å²) in [4.78, 5) is 41.0. The van der Waals surface area contributed by atoms with Crippen LogP contribution in [-0.2, 0) is 28.7 Å². The number of hydrogen-bond acceptors (Lipinski definition) is 5. The second-order valence-electron chi connectivity index (χ2n) is 8.88. The lowest BCUT2D eigenvalue weighted by Crippen LogP contribution is -2.49. The van der Waals surface area contributed by atoms with Gasteiger partial charge in [0.05, 0.1) is 11.0 Å². The van der Waals surface area contributed by atoms with E-state index in [0.29, 0.717) is 43.6 Å². The van der Waals surface area contributed by atoms with Crippen LogP contribution >= 0.6 is 0 Å². The number of rotatable bonds is 1. The average Bonchev–Trinajstić information content (AvgIpc) is 3.25. The zero-order valence-corrected chi connectivity index (χ0v) is 18.2.